The minimum atomic E-state index is 0.624. The molecule has 0 radical (unpaired) electrons. The van der Waals surface area contributed by atoms with Gasteiger partial charge >= 0.3 is 0 Å². The number of hydrogen-bond acceptors (Lipinski definition) is 2. The van der Waals surface area contributed by atoms with Gasteiger partial charge in [0.2, 0.25) is 0 Å². The van der Waals surface area contributed by atoms with Gasteiger partial charge in [0.25, 0.3) is 0 Å². The zero-order valence-electron chi connectivity index (χ0n) is 9.42. The van der Waals surface area contributed by atoms with Gasteiger partial charge in [-0.1, -0.05) is 13.3 Å². The van der Waals surface area contributed by atoms with Crippen LogP contribution < -0.4 is 5.32 Å². The van der Waals surface area contributed by atoms with E-state index in [-0.39, 0.29) is 0 Å². The van der Waals surface area contributed by atoms with E-state index < -0.39 is 0 Å². The van der Waals surface area contributed by atoms with Crippen molar-refractivity contribution in [2.75, 3.05) is 26.7 Å². The van der Waals surface area contributed by atoms with E-state index in [1.165, 1.54) is 19.4 Å². The smallest absolute Gasteiger partial charge is 0.0254 e. The molecule has 0 aliphatic carbocycles. The van der Waals surface area contributed by atoms with Gasteiger partial charge in [-0.2, -0.15) is 0 Å². The predicted octanol–water partition coefficient (Wildman–Crippen LogP) is 1.33. The van der Waals surface area contributed by atoms with E-state index in [4.69, 9.17) is 6.42 Å². The Morgan fingerprint density at radius 1 is 1.64 bits per heavy atom. The molecule has 1 N–H and O–H groups in total. The second-order valence-electron chi connectivity index (χ2n) is 4.18. The molecule has 1 saturated heterocycles. The summed E-state index contributed by atoms with van der Waals surface area (Å²) in [7, 11) is 2.22. The van der Waals surface area contributed by atoms with E-state index >= 15 is 0 Å². The number of hydrogen-bond donors (Lipinski definition) is 1. The molecule has 0 bridgehead atoms. The summed E-state index contributed by atoms with van der Waals surface area (Å²) in [6.45, 7) is 5.67. The molecule has 0 aromatic carbocycles. The third-order valence-electron chi connectivity index (χ3n) is 3.23. The summed E-state index contributed by atoms with van der Waals surface area (Å²) < 4.78 is 0. The highest BCUT2D eigenvalue weighted by molar-refractivity contribution is 4.92. The van der Waals surface area contributed by atoms with Gasteiger partial charge in [-0.05, 0) is 32.5 Å². The number of rotatable bonds is 3. The molecular formula is C12H22N2. The average molecular weight is 194 g/mol. The van der Waals surface area contributed by atoms with Gasteiger partial charge in [-0.3, -0.25) is 0 Å². The van der Waals surface area contributed by atoms with Crippen LogP contribution in [-0.4, -0.2) is 37.6 Å². The van der Waals surface area contributed by atoms with Crippen LogP contribution in [0.25, 0.3) is 0 Å². The fourth-order valence-electron chi connectivity index (χ4n) is 2.26. The number of nitrogens with zero attached hydrogens (tertiary/aromatic N) is 1. The van der Waals surface area contributed by atoms with E-state index in [1.807, 2.05) is 0 Å². The maximum absolute atomic E-state index is 5.41. The van der Waals surface area contributed by atoms with Gasteiger partial charge in [0.1, 0.15) is 0 Å². The molecule has 0 spiro atoms. The van der Waals surface area contributed by atoms with Crippen LogP contribution in [-0.2, 0) is 0 Å². The average Bonchev–Trinajstić information content (AvgIpc) is 2.40. The highest BCUT2D eigenvalue weighted by Gasteiger charge is 2.24. The normalized spacial score (nSPS) is 26.5. The van der Waals surface area contributed by atoms with Gasteiger partial charge in [0, 0.05) is 19.0 Å². The summed E-state index contributed by atoms with van der Waals surface area (Å²) in [5, 5.41) is 3.49. The van der Waals surface area contributed by atoms with Crippen LogP contribution in [0.3, 0.4) is 0 Å². The lowest BCUT2D eigenvalue weighted by Gasteiger charge is -2.31. The number of likely N-dealkylation sites (N-methyl/N-ethyl adjacent to an activating group) is 1. The molecule has 1 aliphatic rings. The molecule has 1 heterocycles. The summed E-state index contributed by atoms with van der Waals surface area (Å²) in [6, 6.07) is 0.624. The zero-order valence-corrected chi connectivity index (χ0v) is 9.42. The zero-order chi connectivity index (χ0) is 10.4. The molecule has 1 fully saturated rings. The Morgan fingerprint density at radius 2 is 2.43 bits per heavy atom. The van der Waals surface area contributed by atoms with Gasteiger partial charge < -0.3 is 10.2 Å². The van der Waals surface area contributed by atoms with Crippen molar-refractivity contribution < 1.29 is 0 Å². The van der Waals surface area contributed by atoms with Gasteiger partial charge in [0.05, 0.1) is 0 Å². The van der Waals surface area contributed by atoms with Crippen molar-refractivity contribution in [2.45, 2.75) is 32.2 Å². The SMILES string of the molecule is C#CCC(CC)C1CNCCCN1C. The quantitative estimate of drug-likeness (QED) is 0.682. The second-order valence-corrected chi connectivity index (χ2v) is 4.18. The van der Waals surface area contributed by atoms with Crippen molar-refractivity contribution in [2.24, 2.45) is 5.92 Å². The van der Waals surface area contributed by atoms with Crippen molar-refractivity contribution in [3.8, 4) is 12.3 Å². The number of nitrogens with one attached hydrogen (secondary N) is 1. The van der Waals surface area contributed by atoms with Crippen LogP contribution in [0.15, 0.2) is 0 Å². The molecule has 1 aliphatic heterocycles. The monoisotopic (exact) mass is 194 g/mol. The fourth-order valence-corrected chi connectivity index (χ4v) is 2.26. The molecular weight excluding hydrogens is 172 g/mol. The highest BCUT2D eigenvalue weighted by Crippen LogP contribution is 2.18. The van der Waals surface area contributed by atoms with Crippen molar-refractivity contribution in [3.63, 3.8) is 0 Å². The lowest BCUT2D eigenvalue weighted by Crippen LogP contribution is -2.42. The summed E-state index contributed by atoms with van der Waals surface area (Å²) in [6.07, 6.45) is 8.75. The lowest BCUT2D eigenvalue weighted by molar-refractivity contribution is 0.184. The Kier molecular flexibility index (Phi) is 5.00. The summed E-state index contributed by atoms with van der Waals surface area (Å²) in [4.78, 5) is 2.46. The standard InChI is InChI=1S/C12H22N2/c1-4-7-11(5-2)12-10-13-8-6-9-14(12)3/h1,11-13H,5-10H2,2-3H3. The first-order valence-electron chi connectivity index (χ1n) is 5.64. The molecule has 2 atom stereocenters. The first-order valence-corrected chi connectivity index (χ1v) is 5.64. The lowest BCUT2D eigenvalue weighted by atomic mass is 9.92. The molecule has 1 rings (SSSR count). The van der Waals surface area contributed by atoms with Crippen molar-refractivity contribution in [1.82, 2.24) is 10.2 Å². The Labute approximate surface area is 88.1 Å². The summed E-state index contributed by atoms with van der Waals surface area (Å²) >= 11 is 0. The van der Waals surface area contributed by atoms with E-state index in [9.17, 15) is 0 Å². The first-order chi connectivity index (χ1) is 6.79. The third kappa shape index (κ3) is 3.01. The van der Waals surface area contributed by atoms with Gasteiger partial charge in [0.15, 0.2) is 0 Å². The van der Waals surface area contributed by atoms with E-state index in [2.05, 4.69) is 30.1 Å². The third-order valence-corrected chi connectivity index (χ3v) is 3.23. The Bertz CT molecular complexity index is 195. The molecule has 14 heavy (non-hydrogen) atoms. The minimum absolute atomic E-state index is 0.624. The molecule has 0 saturated carbocycles. The van der Waals surface area contributed by atoms with Crippen LogP contribution in [0.5, 0.6) is 0 Å². The largest absolute Gasteiger partial charge is 0.315 e. The molecule has 0 aromatic heterocycles. The Hall–Kier alpha value is -0.520. The van der Waals surface area contributed by atoms with Crippen LogP contribution >= 0.6 is 0 Å². The fraction of sp³-hybridized carbons (Fsp3) is 0.833. The van der Waals surface area contributed by atoms with Crippen LogP contribution in [0.1, 0.15) is 26.2 Å². The van der Waals surface area contributed by atoms with Gasteiger partial charge in [-0.25, -0.2) is 0 Å². The van der Waals surface area contributed by atoms with E-state index in [0.29, 0.717) is 12.0 Å². The molecule has 0 aromatic rings. The van der Waals surface area contributed by atoms with Crippen LogP contribution in [0.2, 0.25) is 0 Å². The van der Waals surface area contributed by atoms with E-state index in [1.54, 1.807) is 0 Å². The topological polar surface area (TPSA) is 15.3 Å². The van der Waals surface area contributed by atoms with Crippen molar-refractivity contribution in [3.05, 3.63) is 0 Å². The van der Waals surface area contributed by atoms with Crippen molar-refractivity contribution >= 4 is 0 Å². The maximum Gasteiger partial charge on any atom is 0.0254 e. The van der Waals surface area contributed by atoms with Crippen LogP contribution in [0.4, 0.5) is 0 Å². The van der Waals surface area contributed by atoms with Crippen molar-refractivity contribution in [1.29, 1.82) is 0 Å². The second kappa shape index (κ2) is 6.06. The molecule has 2 nitrogen and oxygen atoms in total. The highest BCUT2D eigenvalue weighted by atomic mass is 15.2. The van der Waals surface area contributed by atoms with E-state index in [0.717, 1.165) is 19.5 Å². The maximum atomic E-state index is 5.41. The number of terminal acetylenes is 1. The summed E-state index contributed by atoms with van der Waals surface area (Å²) in [5.41, 5.74) is 0. The minimum Gasteiger partial charge on any atom is -0.315 e. The first kappa shape index (κ1) is 11.6. The summed E-state index contributed by atoms with van der Waals surface area (Å²) in [5.74, 6) is 3.45. The van der Waals surface area contributed by atoms with Gasteiger partial charge in [-0.15, -0.1) is 12.3 Å². The molecule has 0 amide bonds. The molecule has 2 unspecified atom stereocenters. The Morgan fingerprint density at radius 3 is 3.07 bits per heavy atom. The molecule has 2 heteroatoms. The van der Waals surface area contributed by atoms with Crippen LogP contribution in [0, 0.1) is 18.3 Å². The Balaban J connectivity index is 2.56. The molecule has 80 valence electrons. The predicted molar refractivity (Wildman–Crippen MR) is 61.1 cm³/mol.